The van der Waals surface area contributed by atoms with Crippen molar-refractivity contribution >= 4 is 18.2 Å². The van der Waals surface area contributed by atoms with Crippen molar-refractivity contribution in [3.8, 4) is 0 Å². The smallest absolute Gasteiger partial charge is 0.332 e. The fraction of sp³-hybridized carbons (Fsp3) is 0.300. The zero-order valence-corrected chi connectivity index (χ0v) is 16.3. The summed E-state index contributed by atoms with van der Waals surface area (Å²) in [5, 5.41) is 23.8. The number of benzene rings is 1. The molecule has 3 N–H and O–H groups in total. The first kappa shape index (κ1) is 20.3. The molecular formula is C20H23N5O4. The number of hydrogen-bond donors (Lipinski definition) is 3. The first-order valence-corrected chi connectivity index (χ1v) is 9.11. The zero-order valence-electron chi connectivity index (χ0n) is 16.3. The van der Waals surface area contributed by atoms with Crippen LogP contribution in [0.2, 0.25) is 0 Å². The molecule has 2 heterocycles. The van der Waals surface area contributed by atoms with Gasteiger partial charge in [0.05, 0.1) is 18.0 Å². The third kappa shape index (κ3) is 4.35. The van der Waals surface area contributed by atoms with E-state index in [1.165, 1.54) is 11.1 Å². The summed E-state index contributed by atoms with van der Waals surface area (Å²) in [5.41, 5.74) is 3.34. The Morgan fingerprint density at radius 3 is 2.76 bits per heavy atom. The van der Waals surface area contributed by atoms with Crippen molar-refractivity contribution in [1.82, 2.24) is 20.3 Å². The molecule has 9 heteroatoms. The maximum absolute atomic E-state index is 12.8. The van der Waals surface area contributed by atoms with E-state index in [1.54, 1.807) is 25.1 Å². The van der Waals surface area contributed by atoms with Gasteiger partial charge in [-0.2, -0.15) is 0 Å². The molecule has 3 amide bonds. The Labute approximate surface area is 168 Å². The second-order valence-corrected chi connectivity index (χ2v) is 6.74. The largest absolute Gasteiger partial charge is 0.392 e. The number of aryl methyl sites for hydroxylation is 2. The molecule has 9 nitrogen and oxygen atoms in total. The highest BCUT2D eigenvalue weighted by molar-refractivity contribution is 6.07. The van der Waals surface area contributed by atoms with Gasteiger partial charge < -0.3 is 25.3 Å². The number of aliphatic hydroxyl groups excluding tert-OH is 1. The molecular weight excluding hydrogens is 374 g/mol. The summed E-state index contributed by atoms with van der Waals surface area (Å²) in [7, 11) is 0. The summed E-state index contributed by atoms with van der Waals surface area (Å²) in [6, 6.07) is 6.71. The summed E-state index contributed by atoms with van der Waals surface area (Å²) < 4.78 is 5.10. The molecule has 2 aromatic rings. The lowest BCUT2D eigenvalue weighted by Crippen LogP contribution is -2.33. The molecule has 0 saturated carbocycles. The minimum Gasteiger partial charge on any atom is -0.392 e. The molecule has 0 aliphatic carbocycles. The molecule has 0 radical (unpaired) electrons. The van der Waals surface area contributed by atoms with Gasteiger partial charge >= 0.3 is 6.03 Å². The lowest BCUT2D eigenvalue weighted by Gasteiger charge is -2.18. The first-order valence-electron chi connectivity index (χ1n) is 9.11. The number of imide groups is 1. The number of carbonyl (C=O) groups excluding carboxylic acids is 2. The molecule has 0 bridgehead atoms. The molecule has 1 saturated heterocycles. The van der Waals surface area contributed by atoms with E-state index in [9.17, 15) is 14.7 Å². The van der Waals surface area contributed by atoms with Gasteiger partial charge in [0, 0.05) is 31.1 Å². The number of rotatable bonds is 8. The van der Waals surface area contributed by atoms with Crippen LogP contribution in [0.4, 0.5) is 4.79 Å². The Balaban J connectivity index is 1.70. The Hall–Kier alpha value is -3.46. The van der Waals surface area contributed by atoms with E-state index < -0.39 is 11.9 Å². The van der Waals surface area contributed by atoms with E-state index in [1.807, 2.05) is 13.0 Å². The van der Waals surface area contributed by atoms with Gasteiger partial charge in [0.25, 0.3) is 5.91 Å². The number of aliphatic hydroxyl groups is 1. The molecule has 0 atom stereocenters. The van der Waals surface area contributed by atoms with Crippen LogP contribution in [0.1, 0.15) is 28.1 Å². The van der Waals surface area contributed by atoms with Crippen molar-refractivity contribution in [3.63, 3.8) is 0 Å². The van der Waals surface area contributed by atoms with Gasteiger partial charge in [-0.1, -0.05) is 29.4 Å². The van der Waals surface area contributed by atoms with Gasteiger partial charge in [0.2, 0.25) is 0 Å². The van der Waals surface area contributed by atoms with Crippen molar-refractivity contribution in [2.24, 2.45) is 0 Å². The second kappa shape index (κ2) is 8.70. The van der Waals surface area contributed by atoms with Crippen LogP contribution < -0.4 is 5.32 Å². The lowest BCUT2D eigenvalue weighted by molar-refractivity contribution is -0.123. The van der Waals surface area contributed by atoms with E-state index in [2.05, 4.69) is 10.5 Å². The third-order valence-electron chi connectivity index (χ3n) is 4.70. The molecule has 0 unspecified atom stereocenters. The van der Waals surface area contributed by atoms with Crippen molar-refractivity contribution in [2.45, 2.75) is 33.5 Å². The number of allylic oxidation sites excluding steroid dienone is 1. The highest BCUT2D eigenvalue weighted by atomic mass is 16.5. The van der Waals surface area contributed by atoms with Crippen molar-refractivity contribution < 1.29 is 19.2 Å². The van der Waals surface area contributed by atoms with Crippen LogP contribution in [0, 0.1) is 19.3 Å². The van der Waals surface area contributed by atoms with Gasteiger partial charge in [-0.25, -0.2) is 9.69 Å². The normalized spacial score (nSPS) is 14.7. The number of carbonyl (C=O) groups is 2. The molecule has 1 fully saturated rings. The third-order valence-corrected chi connectivity index (χ3v) is 4.70. The van der Waals surface area contributed by atoms with Crippen LogP contribution >= 0.6 is 0 Å². The fourth-order valence-electron chi connectivity index (χ4n) is 3.16. The van der Waals surface area contributed by atoms with Crippen LogP contribution in [0.5, 0.6) is 0 Å². The fourth-order valence-corrected chi connectivity index (χ4v) is 3.16. The maximum atomic E-state index is 12.8. The van der Waals surface area contributed by atoms with E-state index in [4.69, 9.17) is 9.93 Å². The highest BCUT2D eigenvalue weighted by Crippen LogP contribution is 2.19. The lowest BCUT2D eigenvalue weighted by atomic mass is 10.1. The predicted molar refractivity (Wildman–Crippen MR) is 105 cm³/mol. The van der Waals surface area contributed by atoms with Gasteiger partial charge in [0.1, 0.15) is 12.3 Å². The molecule has 1 aliphatic rings. The summed E-state index contributed by atoms with van der Waals surface area (Å²) in [5.74, 6) is 0.284. The van der Waals surface area contributed by atoms with Crippen LogP contribution in [-0.4, -0.2) is 44.8 Å². The number of hydrogen-bond acceptors (Lipinski definition) is 7. The van der Waals surface area contributed by atoms with Gasteiger partial charge in [0.15, 0.2) is 0 Å². The average molecular weight is 397 g/mol. The minimum absolute atomic E-state index is 0.0722. The summed E-state index contributed by atoms with van der Waals surface area (Å²) in [4.78, 5) is 27.6. The Kier molecular flexibility index (Phi) is 6.08. The molecule has 29 heavy (non-hydrogen) atoms. The van der Waals surface area contributed by atoms with Crippen LogP contribution in [0.15, 0.2) is 40.7 Å². The number of aromatic nitrogens is 1. The Morgan fingerprint density at radius 2 is 2.10 bits per heavy atom. The Morgan fingerprint density at radius 1 is 1.34 bits per heavy atom. The van der Waals surface area contributed by atoms with Gasteiger partial charge in [-0.05, 0) is 25.0 Å². The number of urea groups is 1. The summed E-state index contributed by atoms with van der Waals surface area (Å²) in [6.45, 7) is 4.10. The zero-order chi connectivity index (χ0) is 21.0. The van der Waals surface area contributed by atoms with Crippen molar-refractivity contribution in [3.05, 3.63) is 64.3 Å². The number of nitrogens with one attached hydrogen (secondary N) is 2. The standard InChI is InChI=1S/C20H23N5O4/c1-13-18(14(2)29-23-13)9-22-8-17(7-21)25-19(27)11-24(20(25)28)10-15-4-3-5-16(6-15)12-26/h3-8,21-22,26H,9-12H2,1-2H3/b17-8+,21-7?. The van der Waals surface area contributed by atoms with E-state index in [0.29, 0.717) is 12.3 Å². The first-order chi connectivity index (χ1) is 13.9. The SMILES string of the molecule is Cc1noc(C)c1CN/C=C(\C=N)N1C(=O)CN(Cc2cccc(CO)c2)C1=O. The molecule has 0 spiro atoms. The van der Waals surface area contributed by atoms with Crippen LogP contribution in [0.3, 0.4) is 0 Å². The van der Waals surface area contributed by atoms with Crippen LogP contribution in [0.25, 0.3) is 0 Å². The molecule has 1 aromatic heterocycles. The molecule has 1 aromatic carbocycles. The molecule has 1 aliphatic heterocycles. The van der Waals surface area contributed by atoms with E-state index in [0.717, 1.165) is 33.5 Å². The quantitative estimate of drug-likeness (QED) is 0.461. The molecule has 3 rings (SSSR count). The number of nitrogens with zero attached hydrogens (tertiary/aromatic N) is 3. The van der Waals surface area contributed by atoms with Crippen LogP contribution in [-0.2, 0) is 24.5 Å². The predicted octanol–water partition coefficient (Wildman–Crippen LogP) is 1.83. The van der Waals surface area contributed by atoms with Gasteiger partial charge in [-0.3, -0.25) is 4.79 Å². The van der Waals surface area contributed by atoms with Crippen molar-refractivity contribution in [1.29, 1.82) is 5.41 Å². The van der Waals surface area contributed by atoms with Crippen molar-refractivity contribution in [2.75, 3.05) is 6.54 Å². The average Bonchev–Trinajstić information content (AvgIpc) is 3.18. The molecule has 152 valence electrons. The van der Waals surface area contributed by atoms with Gasteiger partial charge in [-0.15, -0.1) is 0 Å². The summed E-state index contributed by atoms with van der Waals surface area (Å²) >= 11 is 0. The topological polar surface area (TPSA) is 123 Å². The second-order valence-electron chi connectivity index (χ2n) is 6.74. The highest BCUT2D eigenvalue weighted by Gasteiger charge is 2.37. The summed E-state index contributed by atoms with van der Waals surface area (Å²) in [6.07, 6.45) is 2.43. The minimum atomic E-state index is -0.488. The maximum Gasteiger partial charge on any atom is 0.332 e. The number of amides is 3. The Bertz CT molecular complexity index is 946. The monoisotopic (exact) mass is 397 g/mol. The van der Waals surface area contributed by atoms with E-state index >= 15 is 0 Å². The van der Waals surface area contributed by atoms with E-state index in [-0.39, 0.29) is 25.4 Å².